The summed E-state index contributed by atoms with van der Waals surface area (Å²) in [7, 11) is 1.06. The number of hydrogen-bond donors (Lipinski definition) is 2. The first-order valence-corrected chi connectivity index (χ1v) is 4.50. The molecule has 0 aromatic heterocycles. The van der Waals surface area contributed by atoms with E-state index in [1.54, 1.807) is 12.1 Å². The Labute approximate surface area is 93.5 Å². The Morgan fingerprint density at radius 2 is 1.94 bits per heavy atom. The molecular weight excluding hydrogens is 215 g/mol. The molecule has 0 fully saturated rings. The highest BCUT2D eigenvalue weighted by Crippen LogP contribution is 2.31. The summed E-state index contributed by atoms with van der Waals surface area (Å²) in [5.41, 5.74) is 0. The number of benzene rings is 1. The van der Waals surface area contributed by atoms with E-state index < -0.39 is 7.32 Å². The fourth-order valence-corrected chi connectivity index (χ4v) is 1.08. The van der Waals surface area contributed by atoms with E-state index in [2.05, 4.69) is 0 Å². The second kappa shape index (κ2) is 6.21. The molecule has 0 heterocycles. The largest absolute Gasteiger partial charge is 0.707 e. The molecule has 2 N–H and O–H groups in total. The van der Waals surface area contributed by atoms with Gasteiger partial charge in [-0.25, -0.2) is 0 Å². The third kappa shape index (κ3) is 3.61. The minimum Gasteiger partial charge on any atom is -0.509 e. The van der Waals surface area contributed by atoms with Crippen LogP contribution in [-0.4, -0.2) is 38.4 Å². The van der Waals surface area contributed by atoms with Crippen molar-refractivity contribution in [1.29, 1.82) is 0 Å². The van der Waals surface area contributed by atoms with Gasteiger partial charge in [-0.2, -0.15) is 0 Å². The van der Waals surface area contributed by atoms with Crippen molar-refractivity contribution in [2.75, 3.05) is 21.0 Å². The van der Waals surface area contributed by atoms with Crippen LogP contribution in [0, 0.1) is 0 Å². The van der Waals surface area contributed by atoms with Gasteiger partial charge in [-0.15, -0.1) is 0 Å². The molecular formula is C9H13BO6. The Morgan fingerprint density at radius 1 is 1.19 bits per heavy atom. The highest BCUT2D eigenvalue weighted by Gasteiger charge is 2.15. The van der Waals surface area contributed by atoms with E-state index in [0.717, 1.165) is 0 Å². The summed E-state index contributed by atoms with van der Waals surface area (Å²) >= 11 is 0. The van der Waals surface area contributed by atoms with Gasteiger partial charge < -0.3 is 28.9 Å². The smallest absolute Gasteiger partial charge is 0.509 e. The normalized spacial score (nSPS) is 9.75. The molecule has 0 bridgehead atoms. The van der Waals surface area contributed by atoms with Gasteiger partial charge in [-0.05, 0) is 12.1 Å². The lowest BCUT2D eigenvalue weighted by atomic mass is 10.2. The number of hydrogen-bond acceptors (Lipinski definition) is 6. The van der Waals surface area contributed by atoms with E-state index >= 15 is 0 Å². The van der Waals surface area contributed by atoms with Gasteiger partial charge in [0.25, 0.3) is 0 Å². The Hall–Kier alpha value is -1.44. The lowest BCUT2D eigenvalue weighted by molar-refractivity contribution is 0.0509. The first kappa shape index (κ1) is 12.6. The SMILES string of the molecule is COCOc1ccc(OB(O)O)c(OC)c1. The maximum Gasteiger partial charge on any atom is 0.707 e. The molecule has 0 amide bonds. The summed E-state index contributed by atoms with van der Waals surface area (Å²) in [5, 5.41) is 17.3. The van der Waals surface area contributed by atoms with Crippen LogP contribution in [0.2, 0.25) is 0 Å². The van der Waals surface area contributed by atoms with Crippen LogP contribution in [0.25, 0.3) is 0 Å². The van der Waals surface area contributed by atoms with E-state index in [0.29, 0.717) is 11.5 Å². The Bertz CT molecular complexity index is 330. The van der Waals surface area contributed by atoms with Crippen molar-refractivity contribution in [1.82, 2.24) is 0 Å². The highest BCUT2D eigenvalue weighted by molar-refractivity contribution is 6.33. The van der Waals surface area contributed by atoms with Crippen molar-refractivity contribution in [3.05, 3.63) is 18.2 Å². The third-order valence-electron chi connectivity index (χ3n) is 1.71. The number of methoxy groups -OCH3 is 2. The summed E-state index contributed by atoms with van der Waals surface area (Å²) in [6, 6.07) is 4.65. The summed E-state index contributed by atoms with van der Waals surface area (Å²) < 4.78 is 19.6. The van der Waals surface area contributed by atoms with Gasteiger partial charge in [-0.1, -0.05) is 0 Å². The van der Waals surface area contributed by atoms with Gasteiger partial charge in [-0.3, -0.25) is 0 Å². The molecule has 0 aliphatic carbocycles. The summed E-state index contributed by atoms with van der Waals surface area (Å²) in [6.07, 6.45) is 0. The molecule has 1 aromatic rings. The predicted octanol–water partition coefficient (Wildman–Crippen LogP) is 0.0262. The van der Waals surface area contributed by atoms with E-state index in [9.17, 15) is 0 Å². The van der Waals surface area contributed by atoms with Gasteiger partial charge >= 0.3 is 7.32 Å². The molecule has 1 aromatic carbocycles. The molecule has 0 saturated heterocycles. The number of rotatable bonds is 6. The van der Waals surface area contributed by atoms with E-state index in [4.69, 9.17) is 28.9 Å². The maximum atomic E-state index is 8.66. The van der Waals surface area contributed by atoms with Gasteiger partial charge in [0.05, 0.1) is 7.11 Å². The first-order valence-electron chi connectivity index (χ1n) is 4.50. The van der Waals surface area contributed by atoms with Crippen molar-refractivity contribution in [3.8, 4) is 17.2 Å². The van der Waals surface area contributed by atoms with Crippen molar-refractivity contribution in [3.63, 3.8) is 0 Å². The third-order valence-corrected chi connectivity index (χ3v) is 1.71. The Kier molecular flexibility index (Phi) is 4.91. The standard InChI is InChI=1S/C9H13BO6/c1-13-6-15-7-3-4-8(16-10(11)12)9(5-7)14-2/h3-5,11-12H,6H2,1-2H3. The summed E-state index contributed by atoms with van der Waals surface area (Å²) in [6.45, 7) is 0.117. The molecule has 0 radical (unpaired) electrons. The fourth-order valence-electron chi connectivity index (χ4n) is 1.08. The van der Waals surface area contributed by atoms with Crippen LogP contribution in [0.5, 0.6) is 17.2 Å². The second-order valence-corrected chi connectivity index (χ2v) is 2.81. The lowest BCUT2D eigenvalue weighted by Crippen LogP contribution is -2.20. The molecule has 0 aliphatic rings. The summed E-state index contributed by atoms with van der Waals surface area (Å²) in [4.78, 5) is 0. The number of ether oxygens (including phenoxy) is 3. The molecule has 88 valence electrons. The van der Waals surface area contributed by atoms with Crippen LogP contribution in [0.3, 0.4) is 0 Å². The van der Waals surface area contributed by atoms with Gasteiger partial charge in [0.2, 0.25) is 0 Å². The maximum absolute atomic E-state index is 8.66. The lowest BCUT2D eigenvalue weighted by Gasteiger charge is -2.12. The second-order valence-electron chi connectivity index (χ2n) is 2.81. The average Bonchev–Trinajstić information content (AvgIpc) is 2.27. The topological polar surface area (TPSA) is 77.4 Å². The Morgan fingerprint density at radius 3 is 2.50 bits per heavy atom. The average molecular weight is 228 g/mol. The summed E-state index contributed by atoms with van der Waals surface area (Å²) in [5.74, 6) is 1.07. The zero-order chi connectivity index (χ0) is 12.0. The van der Waals surface area contributed by atoms with Crippen molar-refractivity contribution >= 4 is 7.32 Å². The van der Waals surface area contributed by atoms with Crippen molar-refractivity contribution in [2.24, 2.45) is 0 Å². The molecule has 16 heavy (non-hydrogen) atoms. The van der Waals surface area contributed by atoms with Crippen LogP contribution in [0.15, 0.2) is 18.2 Å². The van der Waals surface area contributed by atoms with Crippen LogP contribution >= 0.6 is 0 Å². The molecule has 0 aliphatic heterocycles. The first-order chi connectivity index (χ1) is 7.67. The minimum atomic E-state index is -1.89. The molecule has 0 spiro atoms. The minimum absolute atomic E-state index is 0.117. The van der Waals surface area contributed by atoms with Gasteiger partial charge in [0, 0.05) is 13.2 Å². The zero-order valence-electron chi connectivity index (χ0n) is 9.04. The molecule has 0 saturated carbocycles. The molecule has 7 heteroatoms. The zero-order valence-corrected chi connectivity index (χ0v) is 9.04. The van der Waals surface area contributed by atoms with E-state index in [1.165, 1.54) is 20.3 Å². The molecule has 6 nitrogen and oxygen atoms in total. The predicted molar refractivity (Wildman–Crippen MR) is 56.3 cm³/mol. The van der Waals surface area contributed by atoms with Gasteiger partial charge in [0.1, 0.15) is 11.5 Å². The van der Waals surface area contributed by atoms with Crippen molar-refractivity contribution in [2.45, 2.75) is 0 Å². The quantitative estimate of drug-likeness (QED) is 0.528. The van der Waals surface area contributed by atoms with Crippen LogP contribution in [-0.2, 0) is 4.74 Å². The van der Waals surface area contributed by atoms with Gasteiger partial charge in [0.15, 0.2) is 12.5 Å². The van der Waals surface area contributed by atoms with Crippen molar-refractivity contribution < 1.29 is 28.9 Å². The van der Waals surface area contributed by atoms with Crippen LogP contribution in [0.1, 0.15) is 0 Å². The van der Waals surface area contributed by atoms with E-state index in [1.807, 2.05) is 0 Å². The van der Waals surface area contributed by atoms with Crippen LogP contribution < -0.4 is 14.1 Å². The monoisotopic (exact) mass is 228 g/mol. The molecule has 0 atom stereocenters. The fraction of sp³-hybridized carbons (Fsp3) is 0.333. The molecule has 1 rings (SSSR count). The Balaban J connectivity index is 2.79. The highest BCUT2D eigenvalue weighted by atomic mass is 16.7. The molecule has 0 unspecified atom stereocenters. The van der Waals surface area contributed by atoms with Crippen LogP contribution in [0.4, 0.5) is 0 Å². The van der Waals surface area contributed by atoms with E-state index in [-0.39, 0.29) is 12.5 Å².